The van der Waals surface area contributed by atoms with Crippen molar-refractivity contribution >= 4 is 56.8 Å². The highest BCUT2D eigenvalue weighted by Gasteiger charge is 2.75. The molecule has 2 bridgehead atoms. The lowest BCUT2D eigenvalue weighted by Crippen LogP contribution is -2.53. The lowest BCUT2D eigenvalue weighted by atomic mass is 9.70. The number of hydrogen-bond donors (Lipinski definition) is 3. The molecule has 3 N–H and O–H groups in total. The number of thioether (sulfide) groups is 1. The number of rotatable bonds is 12. The Balaban J connectivity index is 1.62. The predicted octanol–water partition coefficient (Wildman–Crippen LogP) is 3.23. The fourth-order valence-corrected chi connectivity index (χ4v) is 9.90. The maximum atomic E-state index is 13.9. The Labute approximate surface area is 232 Å². The summed E-state index contributed by atoms with van der Waals surface area (Å²) in [7, 11) is 0. The van der Waals surface area contributed by atoms with Gasteiger partial charge in [-0.25, -0.2) is 0 Å². The lowest BCUT2D eigenvalue weighted by molar-refractivity contribution is -0.139. The Morgan fingerprint density at radius 3 is 2.49 bits per heavy atom. The van der Waals surface area contributed by atoms with Crippen molar-refractivity contribution in [3.05, 3.63) is 24.3 Å². The van der Waals surface area contributed by atoms with Gasteiger partial charge in [0.1, 0.15) is 6.04 Å². The molecule has 1 aromatic carbocycles. The number of aliphatic hydroxyl groups excluding tert-OH is 1. The van der Waals surface area contributed by atoms with Crippen LogP contribution in [0.4, 0.5) is 11.4 Å². The third kappa shape index (κ3) is 5.13. The van der Waals surface area contributed by atoms with Crippen LogP contribution < -0.4 is 15.5 Å². The molecular formula is C27H39BrN4O4S. The van der Waals surface area contributed by atoms with Crippen LogP contribution in [-0.2, 0) is 14.4 Å². The van der Waals surface area contributed by atoms with Gasteiger partial charge < -0.3 is 25.5 Å². The van der Waals surface area contributed by atoms with E-state index in [4.69, 9.17) is 0 Å². The van der Waals surface area contributed by atoms with Gasteiger partial charge in [0.05, 0.1) is 16.6 Å². The first-order valence-electron chi connectivity index (χ1n) is 13.5. The van der Waals surface area contributed by atoms with E-state index >= 15 is 0 Å². The van der Waals surface area contributed by atoms with Gasteiger partial charge in [0.2, 0.25) is 17.7 Å². The Hall–Kier alpha value is -1.78. The SMILES string of the molecule is CCCNC(=O)[C@H]1[C@@H]2SC3(CC2Br)C(C(=O)Nc2ccc(N(CC)CC)cc2)N(CCCCO)C(=O)[C@H]13. The molecule has 6 atom stereocenters. The minimum atomic E-state index is -0.676. The number of nitrogens with one attached hydrogen (secondary N) is 2. The summed E-state index contributed by atoms with van der Waals surface area (Å²) in [6.07, 6.45) is 2.64. The van der Waals surface area contributed by atoms with E-state index in [1.807, 2.05) is 31.2 Å². The monoisotopic (exact) mass is 594 g/mol. The molecule has 0 aliphatic carbocycles. The molecule has 0 saturated carbocycles. The van der Waals surface area contributed by atoms with Gasteiger partial charge in [-0.05, 0) is 63.8 Å². The van der Waals surface area contributed by atoms with Gasteiger partial charge >= 0.3 is 0 Å². The molecule has 1 aromatic rings. The molecule has 37 heavy (non-hydrogen) atoms. The van der Waals surface area contributed by atoms with Gasteiger partial charge in [-0.15, -0.1) is 11.8 Å². The van der Waals surface area contributed by atoms with Crippen LogP contribution in [0.1, 0.15) is 46.5 Å². The molecule has 0 aromatic heterocycles. The minimum absolute atomic E-state index is 0.0364. The maximum absolute atomic E-state index is 13.9. The molecule has 4 rings (SSSR count). The highest BCUT2D eigenvalue weighted by atomic mass is 79.9. The van der Waals surface area contributed by atoms with Crippen molar-refractivity contribution < 1.29 is 19.5 Å². The first-order valence-corrected chi connectivity index (χ1v) is 15.3. The number of carbonyl (C=O) groups excluding carboxylic acids is 3. The second-order valence-electron chi connectivity index (χ2n) is 10.1. The average molecular weight is 596 g/mol. The van der Waals surface area contributed by atoms with Crippen LogP contribution in [0.2, 0.25) is 0 Å². The molecule has 3 fully saturated rings. The standard InChI is InChI=1S/C27H39BrN4O4S/c1-4-13-29-24(34)20-21-26(36)32(14-7-8-15-33)23(27(21)16-19(28)22(20)37-27)25(35)30-17-9-11-18(12-10-17)31(5-2)6-3/h9-12,19-23,33H,4-8,13-16H2,1-3H3,(H,29,34)(H,30,35)/t19?,20-,21+,22-,23?,27?/m1/s1. The number of amides is 3. The number of anilines is 2. The first-order chi connectivity index (χ1) is 17.8. The summed E-state index contributed by atoms with van der Waals surface area (Å²) < 4.78 is -0.658. The number of carbonyl (C=O) groups is 3. The number of hydrogen-bond acceptors (Lipinski definition) is 6. The summed E-state index contributed by atoms with van der Waals surface area (Å²) in [6, 6.07) is 7.13. The number of likely N-dealkylation sites (tertiary alicyclic amines) is 1. The van der Waals surface area contributed by atoms with Crippen LogP contribution >= 0.6 is 27.7 Å². The van der Waals surface area contributed by atoms with Gasteiger partial charge in [-0.2, -0.15) is 0 Å². The molecule has 10 heteroatoms. The Morgan fingerprint density at radius 1 is 1.16 bits per heavy atom. The van der Waals surface area contributed by atoms with E-state index in [2.05, 4.69) is 45.3 Å². The van der Waals surface area contributed by atoms with E-state index < -0.39 is 22.6 Å². The number of fused-ring (bicyclic) bond motifs is 1. The van der Waals surface area contributed by atoms with Gasteiger partial charge in [-0.3, -0.25) is 14.4 Å². The summed E-state index contributed by atoms with van der Waals surface area (Å²) >= 11 is 5.43. The quantitative estimate of drug-likeness (QED) is 0.254. The van der Waals surface area contributed by atoms with Gasteiger partial charge in [0.15, 0.2) is 0 Å². The molecule has 3 amide bonds. The molecule has 3 aliphatic heterocycles. The fraction of sp³-hybridized carbons (Fsp3) is 0.667. The highest BCUT2D eigenvalue weighted by molar-refractivity contribution is 9.09. The summed E-state index contributed by atoms with van der Waals surface area (Å²) in [5.74, 6) is -1.40. The molecule has 3 aliphatic rings. The number of alkyl halides is 1. The van der Waals surface area contributed by atoms with Gasteiger partial charge in [-0.1, -0.05) is 22.9 Å². The number of benzene rings is 1. The molecule has 1 spiro atoms. The molecule has 204 valence electrons. The zero-order valence-corrected chi connectivity index (χ0v) is 24.3. The molecule has 3 saturated heterocycles. The molecular weight excluding hydrogens is 556 g/mol. The smallest absolute Gasteiger partial charge is 0.248 e. The normalized spacial score (nSPS) is 29.9. The second-order valence-corrected chi connectivity index (χ2v) is 12.8. The van der Waals surface area contributed by atoms with Crippen molar-refractivity contribution in [3.8, 4) is 0 Å². The zero-order chi connectivity index (χ0) is 26.7. The van der Waals surface area contributed by atoms with E-state index in [1.165, 1.54) is 0 Å². The molecule has 8 nitrogen and oxygen atoms in total. The Kier molecular flexibility index (Phi) is 9.12. The highest BCUT2D eigenvalue weighted by Crippen LogP contribution is 2.67. The number of halogens is 1. The largest absolute Gasteiger partial charge is 0.396 e. The van der Waals surface area contributed by atoms with Crippen molar-refractivity contribution in [2.24, 2.45) is 11.8 Å². The third-order valence-corrected chi connectivity index (χ3v) is 11.2. The van der Waals surface area contributed by atoms with Crippen molar-refractivity contribution in [2.45, 2.75) is 67.3 Å². The molecule has 3 heterocycles. The van der Waals surface area contributed by atoms with Crippen LogP contribution in [0.25, 0.3) is 0 Å². The van der Waals surface area contributed by atoms with Gasteiger partial charge in [0.25, 0.3) is 0 Å². The Morgan fingerprint density at radius 2 is 1.86 bits per heavy atom. The van der Waals surface area contributed by atoms with E-state index in [0.29, 0.717) is 38.0 Å². The van der Waals surface area contributed by atoms with Crippen LogP contribution in [-0.4, -0.2) is 81.4 Å². The number of unbranched alkanes of at least 4 members (excludes halogenated alkanes) is 1. The minimum Gasteiger partial charge on any atom is -0.396 e. The fourth-order valence-electron chi connectivity index (χ4n) is 6.29. The van der Waals surface area contributed by atoms with E-state index in [0.717, 1.165) is 25.2 Å². The van der Waals surface area contributed by atoms with Crippen LogP contribution in [0, 0.1) is 11.8 Å². The first kappa shape index (κ1) is 28.2. The number of aliphatic hydroxyl groups is 1. The Bertz CT molecular complexity index is 991. The van der Waals surface area contributed by atoms with E-state index in [1.54, 1.807) is 16.7 Å². The van der Waals surface area contributed by atoms with Crippen LogP contribution in [0.5, 0.6) is 0 Å². The van der Waals surface area contributed by atoms with Crippen LogP contribution in [0.3, 0.4) is 0 Å². The van der Waals surface area contributed by atoms with Crippen molar-refractivity contribution in [1.29, 1.82) is 0 Å². The predicted molar refractivity (Wildman–Crippen MR) is 152 cm³/mol. The second kappa shape index (κ2) is 11.9. The van der Waals surface area contributed by atoms with E-state index in [9.17, 15) is 19.5 Å². The molecule has 0 radical (unpaired) electrons. The topological polar surface area (TPSA) is 102 Å². The van der Waals surface area contributed by atoms with Gasteiger partial charge in [0, 0.05) is 54.2 Å². The average Bonchev–Trinajstić information content (AvgIpc) is 3.48. The third-order valence-electron chi connectivity index (χ3n) is 7.96. The van der Waals surface area contributed by atoms with Crippen molar-refractivity contribution in [2.75, 3.05) is 43.0 Å². The van der Waals surface area contributed by atoms with Crippen LogP contribution in [0.15, 0.2) is 24.3 Å². The summed E-state index contributed by atoms with van der Waals surface area (Å²) in [6.45, 7) is 9.02. The zero-order valence-electron chi connectivity index (χ0n) is 21.9. The van der Waals surface area contributed by atoms with Crippen molar-refractivity contribution in [3.63, 3.8) is 0 Å². The van der Waals surface area contributed by atoms with E-state index in [-0.39, 0.29) is 34.4 Å². The number of nitrogens with zero attached hydrogens (tertiary/aromatic N) is 2. The summed E-state index contributed by atoms with van der Waals surface area (Å²) in [4.78, 5) is 45.0. The molecule has 3 unspecified atom stereocenters. The lowest BCUT2D eigenvalue weighted by Gasteiger charge is -2.35. The summed E-state index contributed by atoms with van der Waals surface area (Å²) in [5, 5.41) is 15.4. The maximum Gasteiger partial charge on any atom is 0.248 e. The van der Waals surface area contributed by atoms with Crippen molar-refractivity contribution in [1.82, 2.24) is 10.2 Å². The summed E-state index contributed by atoms with van der Waals surface area (Å²) in [5.41, 5.74) is 1.78.